The van der Waals surface area contributed by atoms with Crippen LogP contribution < -0.4 is 17.2 Å². The molecular formula is C22H31N5O4. The molecule has 2 amide bonds. The van der Waals surface area contributed by atoms with Crippen LogP contribution in [0.25, 0.3) is 0 Å². The number of primary amides is 1. The SMILES string of the molecule is N#C[C@@H]1C[C@@H]2C[C@@H]2N1C(=O)[C@@H](N)C12CC3CC(CC(OC(=O)[C@@H](N)CC(N)=O)(C3)C1)C2. The normalized spacial score (nSPS) is 43.6. The molecule has 1 saturated heterocycles. The molecule has 6 aliphatic rings. The van der Waals surface area contributed by atoms with Gasteiger partial charge in [-0.15, -0.1) is 0 Å². The number of nitrogens with zero attached hydrogens (tertiary/aromatic N) is 2. The zero-order valence-corrected chi connectivity index (χ0v) is 17.7. The van der Waals surface area contributed by atoms with Gasteiger partial charge in [0.15, 0.2) is 0 Å². The Kier molecular flexibility index (Phi) is 4.61. The number of amides is 2. The van der Waals surface area contributed by atoms with Crippen molar-refractivity contribution in [2.45, 2.75) is 87.6 Å². The summed E-state index contributed by atoms with van der Waals surface area (Å²) in [6.07, 6.45) is 6.25. The highest BCUT2D eigenvalue weighted by Gasteiger charge is 2.64. The van der Waals surface area contributed by atoms with Crippen LogP contribution in [0.4, 0.5) is 0 Å². The van der Waals surface area contributed by atoms with Crippen molar-refractivity contribution in [3.8, 4) is 6.07 Å². The van der Waals surface area contributed by atoms with Gasteiger partial charge in [-0.2, -0.15) is 5.26 Å². The van der Waals surface area contributed by atoms with E-state index in [-0.39, 0.29) is 24.4 Å². The minimum absolute atomic E-state index is 0.120. The summed E-state index contributed by atoms with van der Waals surface area (Å²) in [4.78, 5) is 39.0. The Balaban J connectivity index is 1.36. The van der Waals surface area contributed by atoms with Gasteiger partial charge in [-0.05, 0) is 74.5 Å². The van der Waals surface area contributed by atoms with Crippen LogP contribution in [0.5, 0.6) is 0 Å². The van der Waals surface area contributed by atoms with E-state index in [0.717, 1.165) is 44.9 Å². The molecule has 0 spiro atoms. The molecule has 0 aromatic heterocycles. The Bertz CT molecular complexity index is 854. The third-order valence-corrected chi connectivity index (χ3v) is 8.53. The molecule has 5 saturated carbocycles. The number of ether oxygens (including phenoxy) is 1. The summed E-state index contributed by atoms with van der Waals surface area (Å²) in [5.41, 5.74) is 16.6. The lowest BCUT2D eigenvalue weighted by atomic mass is 9.46. The quantitative estimate of drug-likeness (QED) is 0.496. The van der Waals surface area contributed by atoms with Crippen LogP contribution in [-0.2, 0) is 19.1 Å². The number of nitrogens with two attached hydrogens (primary N) is 3. The lowest BCUT2D eigenvalue weighted by molar-refractivity contribution is -0.207. The summed E-state index contributed by atoms with van der Waals surface area (Å²) in [6.45, 7) is 0. The van der Waals surface area contributed by atoms with E-state index in [1.54, 1.807) is 4.90 Å². The van der Waals surface area contributed by atoms with E-state index in [1.807, 2.05) is 0 Å². The molecule has 9 heteroatoms. The number of rotatable bonds is 6. The predicted molar refractivity (Wildman–Crippen MR) is 108 cm³/mol. The van der Waals surface area contributed by atoms with E-state index >= 15 is 0 Å². The average molecular weight is 430 g/mol. The van der Waals surface area contributed by atoms with Crippen LogP contribution >= 0.6 is 0 Å². The molecule has 7 atom stereocenters. The van der Waals surface area contributed by atoms with Gasteiger partial charge in [0.05, 0.1) is 18.5 Å². The molecule has 0 aromatic carbocycles. The Labute approximate surface area is 181 Å². The Hall–Kier alpha value is -2.18. The van der Waals surface area contributed by atoms with Crippen molar-refractivity contribution in [3.63, 3.8) is 0 Å². The maximum absolute atomic E-state index is 13.5. The minimum Gasteiger partial charge on any atom is -0.458 e. The molecule has 9 nitrogen and oxygen atoms in total. The summed E-state index contributed by atoms with van der Waals surface area (Å²) >= 11 is 0. The van der Waals surface area contributed by atoms with Gasteiger partial charge in [0, 0.05) is 6.04 Å². The number of likely N-dealkylation sites (tertiary alicyclic amines) is 1. The van der Waals surface area contributed by atoms with E-state index in [2.05, 4.69) is 6.07 Å². The van der Waals surface area contributed by atoms with E-state index in [1.165, 1.54) is 0 Å². The number of fused-ring (bicyclic) bond motifs is 1. The highest BCUT2D eigenvalue weighted by Crippen LogP contribution is 2.64. The second-order valence-electron chi connectivity index (χ2n) is 10.9. The summed E-state index contributed by atoms with van der Waals surface area (Å²) in [6, 6.07) is 0.275. The fourth-order valence-electron chi connectivity index (χ4n) is 7.63. The third-order valence-electron chi connectivity index (χ3n) is 8.53. The highest BCUT2D eigenvalue weighted by molar-refractivity contribution is 5.85. The van der Waals surface area contributed by atoms with Crippen molar-refractivity contribution in [2.24, 2.45) is 40.4 Å². The van der Waals surface area contributed by atoms with Gasteiger partial charge in [-0.25, -0.2) is 0 Å². The summed E-state index contributed by atoms with van der Waals surface area (Å²) in [5, 5.41) is 9.51. The number of hydrogen-bond donors (Lipinski definition) is 3. The number of esters is 1. The second kappa shape index (κ2) is 6.91. The van der Waals surface area contributed by atoms with Crippen LogP contribution in [-0.4, -0.2) is 52.5 Å². The first-order valence-corrected chi connectivity index (χ1v) is 11.4. The molecular weight excluding hydrogens is 398 g/mol. The fourth-order valence-corrected chi connectivity index (χ4v) is 7.63. The number of nitriles is 1. The zero-order valence-electron chi connectivity index (χ0n) is 17.7. The van der Waals surface area contributed by atoms with Crippen molar-refractivity contribution in [1.29, 1.82) is 5.26 Å². The molecule has 0 radical (unpaired) electrons. The van der Waals surface area contributed by atoms with Crippen molar-refractivity contribution in [3.05, 3.63) is 0 Å². The monoisotopic (exact) mass is 429 g/mol. The van der Waals surface area contributed by atoms with Gasteiger partial charge in [-0.3, -0.25) is 14.4 Å². The summed E-state index contributed by atoms with van der Waals surface area (Å²) < 4.78 is 5.96. The van der Waals surface area contributed by atoms with E-state index in [4.69, 9.17) is 21.9 Å². The van der Waals surface area contributed by atoms with Crippen molar-refractivity contribution >= 4 is 17.8 Å². The van der Waals surface area contributed by atoms with Crippen molar-refractivity contribution in [1.82, 2.24) is 4.90 Å². The van der Waals surface area contributed by atoms with Gasteiger partial charge < -0.3 is 26.8 Å². The van der Waals surface area contributed by atoms with E-state index in [0.29, 0.717) is 24.2 Å². The molecule has 2 unspecified atom stereocenters. The Morgan fingerprint density at radius 2 is 1.77 bits per heavy atom. The van der Waals surface area contributed by atoms with Gasteiger partial charge in [0.25, 0.3) is 0 Å². The molecule has 0 aromatic rings. The van der Waals surface area contributed by atoms with Crippen molar-refractivity contribution < 1.29 is 19.1 Å². The lowest BCUT2D eigenvalue weighted by Crippen LogP contribution is -2.66. The molecule has 5 aliphatic carbocycles. The van der Waals surface area contributed by atoms with Gasteiger partial charge in [-0.1, -0.05) is 0 Å². The second-order valence-corrected chi connectivity index (χ2v) is 10.9. The van der Waals surface area contributed by atoms with Crippen LogP contribution in [0, 0.1) is 34.5 Å². The van der Waals surface area contributed by atoms with E-state index in [9.17, 15) is 19.6 Å². The molecule has 6 N–H and O–H groups in total. The van der Waals surface area contributed by atoms with Crippen molar-refractivity contribution in [2.75, 3.05) is 0 Å². The molecule has 6 fully saturated rings. The largest absolute Gasteiger partial charge is 0.458 e. The summed E-state index contributed by atoms with van der Waals surface area (Å²) in [5.74, 6) is -0.240. The van der Waals surface area contributed by atoms with Crippen LogP contribution in [0.2, 0.25) is 0 Å². The molecule has 6 rings (SSSR count). The Morgan fingerprint density at radius 3 is 2.39 bits per heavy atom. The molecule has 1 heterocycles. The maximum Gasteiger partial charge on any atom is 0.323 e. The first-order valence-electron chi connectivity index (χ1n) is 11.4. The van der Waals surface area contributed by atoms with Crippen LogP contribution in [0.15, 0.2) is 0 Å². The molecule has 31 heavy (non-hydrogen) atoms. The summed E-state index contributed by atoms with van der Waals surface area (Å²) in [7, 11) is 0. The van der Waals surface area contributed by atoms with Crippen LogP contribution in [0.1, 0.15) is 57.8 Å². The smallest absolute Gasteiger partial charge is 0.323 e. The first-order chi connectivity index (χ1) is 14.7. The first kappa shape index (κ1) is 20.7. The lowest BCUT2D eigenvalue weighted by Gasteiger charge is -2.62. The van der Waals surface area contributed by atoms with E-state index < -0.39 is 35.0 Å². The molecule has 1 aliphatic heterocycles. The highest BCUT2D eigenvalue weighted by atomic mass is 16.6. The van der Waals surface area contributed by atoms with Gasteiger partial charge in [0.1, 0.15) is 17.7 Å². The van der Waals surface area contributed by atoms with Crippen LogP contribution in [0.3, 0.4) is 0 Å². The number of hydrogen-bond acceptors (Lipinski definition) is 7. The Morgan fingerprint density at radius 1 is 1.10 bits per heavy atom. The topological polar surface area (TPSA) is 166 Å². The predicted octanol–water partition coefficient (Wildman–Crippen LogP) is -0.0884. The van der Waals surface area contributed by atoms with Gasteiger partial charge in [0.2, 0.25) is 11.8 Å². The molecule has 168 valence electrons. The minimum atomic E-state index is -1.08. The average Bonchev–Trinajstić information content (AvgIpc) is 3.34. The number of carbonyl (C=O) groups excluding carboxylic acids is 3. The number of piperidine rings is 1. The zero-order chi connectivity index (χ0) is 22.1. The molecule has 4 bridgehead atoms. The maximum atomic E-state index is 13.5. The van der Waals surface area contributed by atoms with Gasteiger partial charge >= 0.3 is 5.97 Å². The number of carbonyl (C=O) groups is 3. The third kappa shape index (κ3) is 3.31. The fraction of sp³-hybridized carbons (Fsp3) is 0.818. The standard InChI is InChI=1S/C22H31N5O4/c23-9-14-2-13-3-16(13)27(14)19(29)18(26)21-5-11-1-12(6-21)8-22(7-11,10-21)31-20(30)15(24)4-17(25)28/h11-16,18H,1-8,10,24,26H2,(H2,25,28)/t11?,12?,13-,14+,15+,16+,18-,21?,22?/m1/s1.